The maximum atomic E-state index is 12.7. The molecular formula is C20H24N4O3. The number of benzene rings is 2. The normalized spacial score (nSPS) is 11.6. The molecule has 0 aromatic heterocycles. The summed E-state index contributed by atoms with van der Waals surface area (Å²) in [6.07, 6.45) is 0. The second-order valence-electron chi connectivity index (χ2n) is 6.62. The molecule has 1 unspecified atom stereocenters. The fourth-order valence-electron chi connectivity index (χ4n) is 2.58. The summed E-state index contributed by atoms with van der Waals surface area (Å²) in [6.45, 7) is 5.61. The van der Waals surface area contributed by atoms with Gasteiger partial charge in [0.2, 0.25) is 5.91 Å². The number of amides is 4. The smallest absolute Gasteiger partial charge is 0.316 e. The molecule has 0 radical (unpaired) electrons. The third-order valence-corrected chi connectivity index (χ3v) is 3.91. The largest absolute Gasteiger partial charge is 0.351 e. The first-order valence-corrected chi connectivity index (χ1v) is 8.61. The molecule has 0 bridgehead atoms. The molecule has 7 nitrogen and oxygen atoms in total. The molecule has 0 saturated heterocycles. The van der Waals surface area contributed by atoms with Gasteiger partial charge >= 0.3 is 6.03 Å². The lowest BCUT2D eigenvalue weighted by Gasteiger charge is -2.22. The summed E-state index contributed by atoms with van der Waals surface area (Å²) in [5.41, 5.74) is 7.52. The quantitative estimate of drug-likeness (QED) is 0.628. The van der Waals surface area contributed by atoms with Crippen LogP contribution in [0.15, 0.2) is 48.5 Å². The molecule has 27 heavy (non-hydrogen) atoms. The lowest BCUT2D eigenvalue weighted by atomic mass is 10.0. The second-order valence-corrected chi connectivity index (χ2v) is 6.62. The van der Waals surface area contributed by atoms with Crippen LogP contribution in [0.5, 0.6) is 0 Å². The molecule has 0 fully saturated rings. The van der Waals surface area contributed by atoms with Crippen molar-refractivity contribution in [1.29, 1.82) is 0 Å². The van der Waals surface area contributed by atoms with Crippen LogP contribution in [-0.4, -0.2) is 23.9 Å². The number of nitrogens with two attached hydrogens (primary N) is 1. The van der Waals surface area contributed by atoms with Crippen molar-refractivity contribution in [3.8, 4) is 0 Å². The van der Waals surface area contributed by atoms with E-state index >= 15 is 0 Å². The molecular weight excluding hydrogens is 344 g/mol. The highest BCUT2D eigenvalue weighted by Gasteiger charge is 2.25. The van der Waals surface area contributed by atoms with Crippen molar-refractivity contribution >= 4 is 29.2 Å². The Balaban J connectivity index is 2.11. The van der Waals surface area contributed by atoms with Gasteiger partial charge in [0.15, 0.2) is 0 Å². The Morgan fingerprint density at radius 1 is 0.926 bits per heavy atom. The van der Waals surface area contributed by atoms with Crippen molar-refractivity contribution in [3.63, 3.8) is 0 Å². The third-order valence-electron chi connectivity index (χ3n) is 3.91. The monoisotopic (exact) mass is 368 g/mol. The number of nitrogens with one attached hydrogen (secondary N) is 3. The van der Waals surface area contributed by atoms with E-state index in [9.17, 15) is 14.4 Å². The van der Waals surface area contributed by atoms with E-state index in [-0.39, 0.29) is 17.7 Å². The van der Waals surface area contributed by atoms with Crippen molar-refractivity contribution in [2.24, 2.45) is 11.7 Å². The summed E-state index contributed by atoms with van der Waals surface area (Å²) in [4.78, 5) is 36.1. The van der Waals surface area contributed by atoms with Crippen molar-refractivity contribution in [3.05, 3.63) is 59.7 Å². The Hall–Kier alpha value is -3.35. The van der Waals surface area contributed by atoms with Crippen LogP contribution in [0.3, 0.4) is 0 Å². The van der Waals surface area contributed by atoms with E-state index in [1.165, 1.54) is 0 Å². The van der Waals surface area contributed by atoms with E-state index in [0.29, 0.717) is 16.9 Å². The van der Waals surface area contributed by atoms with Crippen molar-refractivity contribution in [2.45, 2.75) is 26.8 Å². The van der Waals surface area contributed by atoms with Crippen LogP contribution in [-0.2, 0) is 4.79 Å². The lowest BCUT2D eigenvalue weighted by Crippen LogP contribution is -2.47. The maximum absolute atomic E-state index is 12.7. The fourth-order valence-corrected chi connectivity index (χ4v) is 2.58. The van der Waals surface area contributed by atoms with Gasteiger partial charge in [-0.2, -0.15) is 0 Å². The minimum Gasteiger partial charge on any atom is -0.351 e. The number of urea groups is 1. The molecule has 5 N–H and O–H groups in total. The average Bonchev–Trinajstić information content (AvgIpc) is 2.58. The van der Waals surface area contributed by atoms with E-state index in [0.717, 1.165) is 5.56 Å². The summed E-state index contributed by atoms with van der Waals surface area (Å²) < 4.78 is 0. The van der Waals surface area contributed by atoms with E-state index < -0.39 is 12.1 Å². The highest BCUT2D eigenvalue weighted by molar-refractivity contribution is 6.01. The number of primary amides is 1. The second kappa shape index (κ2) is 8.84. The number of hydrogen-bond acceptors (Lipinski definition) is 3. The average molecular weight is 368 g/mol. The molecule has 0 heterocycles. The van der Waals surface area contributed by atoms with Gasteiger partial charge in [-0.1, -0.05) is 37.6 Å². The summed E-state index contributed by atoms with van der Waals surface area (Å²) in [5.74, 6) is -0.774. The fraction of sp³-hybridized carbons (Fsp3) is 0.250. The van der Waals surface area contributed by atoms with Crippen LogP contribution in [0.4, 0.5) is 16.2 Å². The van der Waals surface area contributed by atoms with Gasteiger partial charge in [-0.05, 0) is 43.2 Å². The van der Waals surface area contributed by atoms with Crippen LogP contribution in [0, 0.1) is 12.8 Å². The summed E-state index contributed by atoms with van der Waals surface area (Å²) in [7, 11) is 0. The predicted octanol–water partition coefficient (Wildman–Crippen LogP) is 2.88. The summed E-state index contributed by atoms with van der Waals surface area (Å²) in [5, 5.41) is 7.99. The van der Waals surface area contributed by atoms with Gasteiger partial charge in [0.05, 0.1) is 0 Å². The predicted molar refractivity (Wildman–Crippen MR) is 106 cm³/mol. The zero-order chi connectivity index (χ0) is 20.0. The van der Waals surface area contributed by atoms with Crippen LogP contribution in [0.1, 0.15) is 29.8 Å². The molecule has 7 heteroatoms. The molecule has 0 saturated carbocycles. The molecule has 0 aliphatic heterocycles. The molecule has 0 aliphatic rings. The number of hydrogen-bond donors (Lipinski definition) is 4. The minimum atomic E-state index is -0.717. The van der Waals surface area contributed by atoms with E-state index in [2.05, 4.69) is 16.0 Å². The van der Waals surface area contributed by atoms with Crippen molar-refractivity contribution < 1.29 is 14.4 Å². The standard InChI is InChI=1S/C20H24N4O3/c1-12(2)17(24-18(25)14-7-4-6-13(3)10-14)19(26)22-15-8-5-9-16(11-15)23-20(21)27/h4-12,17H,1-3H3,(H,22,26)(H,24,25)(H3,21,23,27). The van der Waals surface area contributed by atoms with Gasteiger partial charge in [-0.3, -0.25) is 9.59 Å². The number of carbonyl (C=O) groups is 3. The SMILES string of the molecule is Cc1cccc(C(=O)NC(C(=O)Nc2cccc(NC(N)=O)c2)C(C)C)c1. The number of rotatable bonds is 6. The highest BCUT2D eigenvalue weighted by atomic mass is 16.2. The van der Waals surface area contributed by atoms with Gasteiger partial charge in [0, 0.05) is 16.9 Å². The van der Waals surface area contributed by atoms with E-state index in [1.54, 1.807) is 42.5 Å². The van der Waals surface area contributed by atoms with Crippen molar-refractivity contribution in [2.75, 3.05) is 10.6 Å². The highest BCUT2D eigenvalue weighted by Crippen LogP contribution is 2.16. The number of carbonyl (C=O) groups excluding carboxylic acids is 3. The molecule has 0 aliphatic carbocycles. The molecule has 2 rings (SSSR count). The number of anilines is 2. The third kappa shape index (κ3) is 5.85. The zero-order valence-corrected chi connectivity index (χ0v) is 15.6. The van der Waals surface area contributed by atoms with Crippen LogP contribution in [0.2, 0.25) is 0 Å². The van der Waals surface area contributed by atoms with Gasteiger partial charge in [-0.25, -0.2) is 4.79 Å². The molecule has 142 valence electrons. The van der Waals surface area contributed by atoms with Crippen LogP contribution in [0.25, 0.3) is 0 Å². The Labute approximate surface area is 158 Å². The van der Waals surface area contributed by atoms with E-state index in [4.69, 9.17) is 5.73 Å². The van der Waals surface area contributed by atoms with Gasteiger partial charge < -0.3 is 21.7 Å². The Kier molecular flexibility index (Phi) is 6.54. The van der Waals surface area contributed by atoms with Crippen LogP contribution >= 0.6 is 0 Å². The molecule has 2 aromatic carbocycles. The first-order chi connectivity index (χ1) is 12.8. The molecule has 2 aromatic rings. The molecule has 4 amide bonds. The Bertz CT molecular complexity index is 849. The van der Waals surface area contributed by atoms with Gasteiger partial charge in [0.25, 0.3) is 5.91 Å². The topological polar surface area (TPSA) is 113 Å². The first kappa shape index (κ1) is 20.0. The van der Waals surface area contributed by atoms with Gasteiger partial charge in [-0.15, -0.1) is 0 Å². The minimum absolute atomic E-state index is 0.120. The maximum Gasteiger partial charge on any atom is 0.316 e. The Morgan fingerprint density at radius 3 is 2.15 bits per heavy atom. The van der Waals surface area contributed by atoms with Crippen LogP contribution < -0.4 is 21.7 Å². The molecule has 1 atom stereocenters. The summed E-state index contributed by atoms with van der Waals surface area (Å²) >= 11 is 0. The Morgan fingerprint density at radius 2 is 1.56 bits per heavy atom. The van der Waals surface area contributed by atoms with Gasteiger partial charge in [0.1, 0.15) is 6.04 Å². The summed E-state index contributed by atoms with van der Waals surface area (Å²) in [6, 6.07) is 12.4. The zero-order valence-electron chi connectivity index (χ0n) is 15.6. The van der Waals surface area contributed by atoms with E-state index in [1.807, 2.05) is 26.8 Å². The first-order valence-electron chi connectivity index (χ1n) is 8.61. The molecule has 0 spiro atoms. The lowest BCUT2D eigenvalue weighted by molar-refractivity contribution is -0.118. The van der Waals surface area contributed by atoms with Crippen molar-refractivity contribution in [1.82, 2.24) is 5.32 Å². The number of aryl methyl sites for hydroxylation is 1.